The lowest BCUT2D eigenvalue weighted by Crippen LogP contribution is -2.33. The molecule has 0 fully saturated rings. The second-order valence-corrected chi connectivity index (χ2v) is 4.71. The lowest BCUT2D eigenvalue weighted by Gasteiger charge is -2.13. The topological polar surface area (TPSA) is 70.2 Å². The number of amides is 2. The minimum Gasteiger partial charge on any atom is -0.360 e. The molecule has 1 aromatic rings. The first-order chi connectivity index (χ1) is 8.47. The Hall–Kier alpha value is -1.95. The number of nitrogens with one attached hydrogen (secondary N) is 3. The monoisotopic (exact) mass is 263 g/mol. The maximum absolute atomic E-state index is 11.5. The molecule has 0 spiro atoms. The van der Waals surface area contributed by atoms with Gasteiger partial charge in [-0.1, -0.05) is 0 Å². The Kier molecular flexibility index (Phi) is 3.29. The summed E-state index contributed by atoms with van der Waals surface area (Å²) >= 11 is 5.10. The number of hydrogen-bond donors (Lipinski definition) is 3. The first kappa shape index (κ1) is 12.5. The number of rotatable bonds is 2. The van der Waals surface area contributed by atoms with Crippen LogP contribution >= 0.6 is 12.2 Å². The average molecular weight is 263 g/mol. The second kappa shape index (κ2) is 4.73. The van der Waals surface area contributed by atoms with Crippen molar-refractivity contribution in [3.05, 3.63) is 29.3 Å². The summed E-state index contributed by atoms with van der Waals surface area (Å²) in [6.45, 7) is 3.95. The number of carbonyl (C=O) groups is 2. The zero-order chi connectivity index (χ0) is 13.3. The fourth-order valence-corrected chi connectivity index (χ4v) is 2.03. The Labute approximate surface area is 110 Å². The molecule has 1 aromatic carbocycles. The summed E-state index contributed by atoms with van der Waals surface area (Å²) in [5, 5.41) is 8.72. The third-order valence-electron chi connectivity index (χ3n) is 2.41. The van der Waals surface area contributed by atoms with Gasteiger partial charge >= 0.3 is 0 Å². The zero-order valence-electron chi connectivity index (χ0n) is 10.0. The van der Waals surface area contributed by atoms with E-state index in [-0.39, 0.29) is 17.9 Å². The molecule has 6 heteroatoms. The predicted molar refractivity (Wildman–Crippen MR) is 72.7 cm³/mol. The number of benzene rings is 1. The van der Waals surface area contributed by atoms with Crippen molar-refractivity contribution >= 4 is 34.8 Å². The molecule has 0 aromatic heterocycles. The zero-order valence-corrected chi connectivity index (χ0v) is 10.9. The number of imide groups is 1. The van der Waals surface area contributed by atoms with Gasteiger partial charge in [0.1, 0.15) is 0 Å². The molecule has 2 amide bonds. The highest BCUT2D eigenvalue weighted by Crippen LogP contribution is 2.20. The van der Waals surface area contributed by atoms with Gasteiger partial charge in [-0.3, -0.25) is 14.9 Å². The lowest BCUT2D eigenvalue weighted by molar-refractivity contribution is 0.0879. The van der Waals surface area contributed by atoms with Gasteiger partial charge in [0.05, 0.1) is 11.1 Å². The Morgan fingerprint density at radius 1 is 1.22 bits per heavy atom. The number of fused-ring (bicyclic) bond motifs is 1. The molecule has 1 aliphatic heterocycles. The van der Waals surface area contributed by atoms with Gasteiger partial charge in [0.15, 0.2) is 5.11 Å². The predicted octanol–water partition coefficient (Wildman–Crippen LogP) is 1.26. The molecule has 5 nitrogen and oxygen atoms in total. The van der Waals surface area contributed by atoms with Crippen LogP contribution in [0.25, 0.3) is 0 Å². The molecule has 0 saturated carbocycles. The van der Waals surface area contributed by atoms with Gasteiger partial charge in [0.25, 0.3) is 11.8 Å². The molecule has 0 saturated heterocycles. The number of thiocarbonyl (C=S) groups is 1. The molecule has 94 valence electrons. The van der Waals surface area contributed by atoms with E-state index in [9.17, 15) is 9.59 Å². The van der Waals surface area contributed by atoms with E-state index < -0.39 is 0 Å². The average Bonchev–Trinajstić information content (AvgIpc) is 2.53. The smallest absolute Gasteiger partial charge is 0.259 e. The van der Waals surface area contributed by atoms with E-state index in [2.05, 4.69) is 16.0 Å². The fraction of sp³-hybridized carbons (Fsp3) is 0.250. The second-order valence-electron chi connectivity index (χ2n) is 4.30. The largest absolute Gasteiger partial charge is 0.360 e. The number of hydrogen-bond acceptors (Lipinski definition) is 3. The Morgan fingerprint density at radius 2 is 1.89 bits per heavy atom. The number of anilines is 1. The maximum atomic E-state index is 11.5. The van der Waals surface area contributed by atoms with E-state index in [0.29, 0.717) is 21.9 Å². The molecule has 0 radical (unpaired) electrons. The van der Waals surface area contributed by atoms with Gasteiger partial charge in [-0.15, -0.1) is 0 Å². The van der Waals surface area contributed by atoms with Crippen LogP contribution in [0.5, 0.6) is 0 Å². The minimum absolute atomic E-state index is 0.226. The summed E-state index contributed by atoms with van der Waals surface area (Å²) < 4.78 is 0. The van der Waals surface area contributed by atoms with Gasteiger partial charge in [0.2, 0.25) is 0 Å². The van der Waals surface area contributed by atoms with Gasteiger partial charge in [-0.05, 0) is 44.3 Å². The lowest BCUT2D eigenvalue weighted by atomic mass is 10.1. The molecule has 0 atom stereocenters. The van der Waals surface area contributed by atoms with Crippen molar-refractivity contribution in [2.75, 3.05) is 5.32 Å². The van der Waals surface area contributed by atoms with Crippen LogP contribution in [0.3, 0.4) is 0 Å². The highest BCUT2D eigenvalue weighted by atomic mass is 32.1. The van der Waals surface area contributed by atoms with Crippen molar-refractivity contribution in [1.82, 2.24) is 10.6 Å². The summed E-state index contributed by atoms with van der Waals surface area (Å²) in [6, 6.07) is 5.16. The molecule has 1 aliphatic rings. The van der Waals surface area contributed by atoms with Crippen LogP contribution in [-0.2, 0) is 0 Å². The van der Waals surface area contributed by atoms with E-state index >= 15 is 0 Å². The molecular formula is C12H13N3O2S. The molecule has 0 bridgehead atoms. The van der Waals surface area contributed by atoms with E-state index in [1.54, 1.807) is 18.2 Å². The van der Waals surface area contributed by atoms with E-state index in [1.165, 1.54) is 0 Å². The maximum Gasteiger partial charge on any atom is 0.259 e. The van der Waals surface area contributed by atoms with E-state index in [4.69, 9.17) is 12.2 Å². The molecule has 1 heterocycles. The van der Waals surface area contributed by atoms with Gasteiger partial charge < -0.3 is 10.6 Å². The SMILES string of the molecule is CC(C)NC(=S)Nc1ccc2c(c1)C(=O)NC2=O. The van der Waals surface area contributed by atoms with Crippen molar-refractivity contribution in [1.29, 1.82) is 0 Å². The van der Waals surface area contributed by atoms with Gasteiger partial charge in [0, 0.05) is 11.7 Å². The Balaban J connectivity index is 2.18. The van der Waals surface area contributed by atoms with Crippen molar-refractivity contribution in [2.24, 2.45) is 0 Å². The molecular weight excluding hydrogens is 250 g/mol. The molecule has 2 rings (SSSR count). The van der Waals surface area contributed by atoms with E-state index in [1.807, 2.05) is 13.8 Å². The van der Waals surface area contributed by atoms with Gasteiger partial charge in [-0.25, -0.2) is 0 Å². The summed E-state index contributed by atoms with van der Waals surface area (Å²) in [5.74, 6) is -0.731. The summed E-state index contributed by atoms with van der Waals surface area (Å²) in [6.07, 6.45) is 0. The normalized spacial score (nSPS) is 13.3. The quantitative estimate of drug-likeness (QED) is 0.553. The van der Waals surface area contributed by atoms with Gasteiger partial charge in [-0.2, -0.15) is 0 Å². The molecule has 0 unspecified atom stereocenters. The first-order valence-electron chi connectivity index (χ1n) is 5.54. The highest BCUT2D eigenvalue weighted by molar-refractivity contribution is 7.80. The third-order valence-corrected chi connectivity index (χ3v) is 2.63. The number of carbonyl (C=O) groups excluding carboxylic acids is 2. The summed E-state index contributed by atoms with van der Waals surface area (Å²) in [4.78, 5) is 22.8. The minimum atomic E-state index is -0.374. The summed E-state index contributed by atoms with van der Waals surface area (Å²) in [5.41, 5.74) is 1.45. The first-order valence-corrected chi connectivity index (χ1v) is 5.95. The molecule has 3 N–H and O–H groups in total. The van der Waals surface area contributed by atoms with E-state index in [0.717, 1.165) is 0 Å². The van der Waals surface area contributed by atoms with Crippen LogP contribution in [0.4, 0.5) is 5.69 Å². The van der Waals surface area contributed by atoms with Crippen LogP contribution in [0.2, 0.25) is 0 Å². The van der Waals surface area contributed by atoms with Crippen LogP contribution in [0, 0.1) is 0 Å². The molecule has 18 heavy (non-hydrogen) atoms. The van der Waals surface area contributed by atoms with Crippen LogP contribution < -0.4 is 16.0 Å². The Bertz CT molecular complexity index is 540. The highest BCUT2D eigenvalue weighted by Gasteiger charge is 2.26. The van der Waals surface area contributed by atoms with Crippen molar-refractivity contribution in [2.45, 2.75) is 19.9 Å². The van der Waals surface area contributed by atoms with Crippen LogP contribution in [-0.4, -0.2) is 23.0 Å². The summed E-state index contributed by atoms with van der Waals surface area (Å²) in [7, 11) is 0. The van der Waals surface area contributed by atoms with Crippen molar-refractivity contribution in [3.8, 4) is 0 Å². The standard InChI is InChI=1S/C12H13N3O2S/c1-6(2)13-12(18)14-7-3-4-8-9(5-7)11(17)15-10(8)16/h3-6H,1-2H3,(H2,13,14,18)(H,15,16,17). The van der Waals surface area contributed by atoms with Crippen molar-refractivity contribution in [3.63, 3.8) is 0 Å². The Morgan fingerprint density at radius 3 is 2.56 bits per heavy atom. The van der Waals surface area contributed by atoms with Crippen LogP contribution in [0.15, 0.2) is 18.2 Å². The van der Waals surface area contributed by atoms with Crippen molar-refractivity contribution < 1.29 is 9.59 Å². The third kappa shape index (κ3) is 2.48. The van der Waals surface area contributed by atoms with Crippen LogP contribution in [0.1, 0.15) is 34.6 Å². The fourth-order valence-electron chi connectivity index (χ4n) is 1.68. The molecule has 0 aliphatic carbocycles.